The molecule has 9 nitrogen and oxygen atoms in total. The van der Waals surface area contributed by atoms with Crippen molar-refractivity contribution in [3.05, 3.63) is 58.6 Å². The van der Waals surface area contributed by atoms with Crippen molar-refractivity contribution in [3.63, 3.8) is 0 Å². The van der Waals surface area contributed by atoms with Gasteiger partial charge in [-0.25, -0.2) is 0 Å². The highest BCUT2D eigenvalue weighted by Gasteiger charge is 2.13. The van der Waals surface area contributed by atoms with Crippen LogP contribution in [0.25, 0.3) is 0 Å². The van der Waals surface area contributed by atoms with Crippen LogP contribution < -0.4 is 10.6 Å². The van der Waals surface area contributed by atoms with Crippen molar-refractivity contribution >= 4 is 40.7 Å². The molecule has 0 saturated carbocycles. The molecular weight excluding hydrogens is 396 g/mol. The third-order valence-corrected chi connectivity index (χ3v) is 4.50. The van der Waals surface area contributed by atoms with Gasteiger partial charge in [0.25, 0.3) is 11.6 Å². The second-order valence-electron chi connectivity index (χ2n) is 5.60. The van der Waals surface area contributed by atoms with E-state index in [1.165, 1.54) is 17.8 Å². The summed E-state index contributed by atoms with van der Waals surface area (Å²) in [4.78, 5) is 35.0. The Hall–Kier alpha value is -3.58. The highest BCUT2D eigenvalue weighted by Crippen LogP contribution is 2.26. The lowest BCUT2D eigenvalue weighted by Crippen LogP contribution is -2.22. The van der Waals surface area contributed by atoms with Gasteiger partial charge in [-0.15, -0.1) is 11.8 Å². The Bertz CT molecular complexity index is 929. The summed E-state index contributed by atoms with van der Waals surface area (Å²) in [6.45, 7) is -0.333. The fraction of sp³-hybridized carbons (Fsp3) is 0.211. The molecule has 0 spiro atoms. The molecule has 1 amide bonds. The number of nitrogens with one attached hydrogen (secondary N) is 2. The van der Waals surface area contributed by atoms with Crippen molar-refractivity contribution in [3.8, 4) is 6.07 Å². The Morgan fingerprint density at radius 3 is 2.55 bits per heavy atom. The number of nitro benzene ring substituents is 1. The molecule has 0 atom stereocenters. The minimum atomic E-state index is -0.613. The highest BCUT2D eigenvalue weighted by atomic mass is 32.2. The number of carbonyl (C=O) groups excluding carboxylic acids is 2. The lowest BCUT2D eigenvalue weighted by Gasteiger charge is -2.10. The van der Waals surface area contributed by atoms with E-state index in [1.807, 2.05) is 6.07 Å². The maximum atomic E-state index is 12.0. The van der Waals surface area contributed by atoms with Crippen molar-refractivity contribution in [1.29, 1.82) is 5.26 Å². The Labute approximate surface area is 171 Å². The van der Waals surface area contributed by atoms with Gasteiger partial charge in [0.2, 0.25) is 0 Å². The normalized spacial score (nSPS) is 9.90. The first-order valence-electron chi connectivity index (χ1n) is 8.53. The molecule has 2 aromatic carbocycles. The van der Waals surface area contributed by atoms with Gasteiger partial charge < -0.3 is 15.4 Å². The smallest absolute Gasteiger partial charge is 0.308 e. The number of para-hydroxylation sites is 3. The minimum Gasteiger partial charge on any atom is -0.456 e. The van der Waals surface area contributed by atoms with Crippen LogP contribution in [0.2, 0.25) is 0 Å². The molecular formula is C19H18N4O5S. The van der Waals surface area contributed by atoms with E-state index in [0.717, 1.165) is 4.90 Å². The zero-order chi connectivity index (χ0) is 21.1. The average molecular weight is 414 g/mol. The van der Waals surface area contributed by atoms with E-state index < -0.39 is 23.4 Å². The quantitative estimate of drug-likeness (QED) is 0.262. The molecule has 0 fully saturated rings. The third-order valence-electron chi connectivity index (χ3n) is 3.56. The molecule has 0 aliphatic heterocycles. The lowest BCUT2D eigenvalue weighted by atomic mass is 10.2. The molecule has 0 heterocycles. The van der Waals surface area contributed by atoms with Crippen LogP contribution in [0, 0.1) is 21.4 Å². The molecule has 150 valence electrons. The molecule has 0 aromatic heterocycles. The van der Waals surface area contributed by atoms with E-state index in [0.29, 0.717) is 11.4 Å². The van der Waals surface area contributed by atoms with Gasteiger partial charge in [0.05, 0.1) is 28.9 Å². The molecule has 0 aliphatic carbocycles. The summed E-state index contributed by atoms with van der Waals surface area (Å²) in [6, 6.07) is 15.1. The van der Waals surface area contributed by atoms with Gasteiger partial charge in [-0.3, -0.25) is 19.7 Å². The number of hydrogen-bond acceptors (Lipinski definition) is 8. The number of ether oxygens (including phenoxy) is 1. The molecule has 0 aliphatic rings. The summed E-state index contributed by atoms with van der Waals surface area (Å²) in [5.74, 6) is -0.873. The molecule has 2 N–H and O–H groups in total. The first-order valence-corrected chi connectivity index (χ1v) is 9.51. The van der Waals surface area contributed by atoms with Crippen molar-refractivity contribution in [2.24, 2.45) is 0 Å². The second kappa shape index (κ2) is 11.3. The van der Waals surface area contributed by atoms with Gasteiger partial charge in [0.15, 0.2) is 6.61 Å². The molecule has 0 bridgehead atoms. The summed E-state index contributed by atoms with van der Waals surface area (Å²) < 4.78 is 4.93. The Balaban J connectivity index is 1.76. The lowest BCUT2D eigenvalue weighted by molar-refractivity contribution is -0.384. The topological polar surface area (TPSA) is 134 Å². The van der Waals surface area contributed by atoms with E-state index in [-0.39, 0.29) is 24.4 Å². The predicted octanol–water partition coefficient (Wildman–Crippen LogP) is 3.19. The molecule has 2 aromatic rings. The number of benzene rings is 2. The van der Waals surface area contributed by atoms with Crippen molar-refractivity contribution in [2.75, 3.05) is 29.5 Å². The van der Waals surface area contributed by atoms with Crippen LogP contribution in [-0.2, 0) is 14.3 Å². The van der Waals surface area contributed by atoms with E-state index in [4.69, 9.17) is 10.00 Å². The van der Waals surface area contributed by atoms with Gasteiger partial charge in [-0.2, -0.15) is 5.26 Å². The summed E-state index contributed by atoms with van der Waals surface area (Å²) in [7, 11) is 0. The van der Waals surface area contributed by atoms with Gasteiger partial charge >= 0.3 is 5.97 Å². The number of nitrogens with zero attached hydrogens (tertiary/aromatic N) is 2. The highest BCUT2D eigenvalue weighted by molar-refractivity contribution is 7.99. The summed E-state index contributed by atoms with van der Waals surface area (Å²) in [5.41, 5.74) is 0.745. The van der Waals surface area contributed by atoms with Crippen LogP contribution in [0.4, 0.5) is 17.1 Å². The second-order valence-corrected chi connectivity index (χ2v) is 6.62. The maximum Gasteiger partial charge on any atom is 0.308 e. The van der Waals surface area contributed by atoms with Crippen LogP contribution in [0.15, 0.2) is 53.4 Å². The van der Waals surface area contributed by atoms with Crippen LogP contribution >= 0.6 is 11.8 Å². The van der Waals surface area contributed by atoms with Gasteiger partial charge in [0, 0.05) is 17.5 Å². The third kappa shape index (κ3) is 7.15. The number of nitriles is 1. The fourth-order valence-electron chi connectivity index (χ4n) is 2.29. The Kier molecular flexibility index (Phi) is 8.47. The van der Waals surface area contributed by atoms with Crippen LogP contribution in [0.5, 0.6) is 0 Å². The number of anilines is 2. The number of esters is 1. The summed E-state index contributed by atoms with van der Waals surface area (Å²) >= 11 is 1.29. The SMILES string of the molecule is N#CCSc1ccccc1NC(=O)COC(=O)CCNc1ccccc1[N+](=O)[O-]. The summed E-state index contributed by atoms with van der Waals surface area (Å²) in [5, 5.41) is 25.1. The van der Waals surface area contributed by atoms with Crippen molar-refractivity contribution in [2.45, 2.75) is 11.3 Å². The monoisotopic (exact) mass is 414 g/mol. The first-order chi connectivity index (χ1) is 14.0. The van der Waals surface area contributed by atoms with Gasteiger partial charge in [-0.1, -0.05) is 24.3 Å². The number of thioether (sulfide) groups is 1. The zero-order valence-corrected chi connectivity index (χ0v) is 16.1. The number of amides is 1. The maximum absolute atomic E-state index is 12.0. The van der Waals surface area contributed by atoms with E-state index in [2.05, 4.69) is 10.6 Å². The number of hydrogen-bond donors (Lipinski definition) is 2. The van der Waals surface area contributed by atoms with Crippen LogP contribution in [0.3, 0.4) is 0 Å². The number of nitro groups is 1. The number of carbonyl (C=O) groups is 2. The first kappa shape index (κ1) is 21.7. The van der Waals surface area contributed by atoms with E-state index in [9.17, 15) is 19.7 Å². The average Bonchev–Trinajstić information content (AvgIpc) is 2.72. The van der Waals surface area contributed by atoms with Crippen LogP contribution in [0.1, 0.15) is 6.42 Å². The van der Waals surface area contributed by atoms with Gasteiger partial charge in [0.1, 0.15) is 5.69 Å². The predicted molar refractivity (Wildman–Crippen MR) is 109 cm³/mol. The molecule has 0 saturated heterocycles. The van der Waals surface area contributed by atoms with E-state index in [1.54, 1.807) is 42.5 Å². The molecule has 0 unspecified atom stereocenters. The van der Waals surface area contributed by atoms with Crippen molar-refractivity contribution in [1.82, 2.24) is 0 Å². The Morgan fingerprint density at radius 1 is 1.14 bits per heavy atom. The molecule has 2 rings (SSSR count). The van der Waals surface area contributed by atoms with Crippen LogP contribution in [-0.4, -0.2) is 35.7 Å². The largest absolute Gasteiger partial charge is 0.456 e. The summed E-state index contributed by atoms with van der Waals surface area (Å²) in [6.07, 6.45) is -0.0616. The molecule has 29 heavy (non-hydrogen) atoms. The zero-order valence-electron chi connectivity index (χ0n) is 15.3. The Morgan fingerprint density at radius 2 is 1.83 bits per heavy atom. The molecule has 10 heteroatoms. The number of rotatable bonds is 10. The standard InChI is InChI=1S/C19H18N4O5S/c20-10-12-29-17-8-4-2-6-15(17)22-18(24)13-28-19(25)9-11-21-14-5-1-3-7-16(14)23(26)27/h1-8,21H,9,11-13H2,(H,22,24). The van der Waals surface area contributed by atoms with Crippen molar-refractivity contribution < 1.29 is 19.2 Å². The molecule has 0 radical (unpaired) electrons. The van der Waals surface area contributed by atoms with E-state index >= 15 is 0 Å². The van der Waals surface area contributed by atoms with Gasteiger partial charge in [-0.05, 0) is 18.2 Å². The fourth-order valence-corrected chi connectivity index (χ4v) is 2.96. The minimum absolute atomic E-state index is 0.0616.